The van der Waals surface area contributed by atoms with Gasteiger partial charge in [-0.1, -0.05) is 47.5 Å². The molecule has 0 fully saturated rings. The molecule has 0 N–H and O–H groups in total. The largest absolute Gasteiger partial charge is 0.216 e. The van der Waals surface area contributed by atoms with Crippen LogP contribution in [0.25, 0.3) is 33.8 Å². The molecule has 0 aliphatic heterocycles. The molecule has 126 valence electrons. The Morgan fingerprint density at radius 3 is 2.65 bits per heavy atom. The fraction of sp³-hybridized carbons (Fsp3) is 0.0526. The van der Waals surface area contributed by atoms with Crippen LogP contribution in [-0.4, -0.2) is 29.4 Å². The molecule has 0 amide bonds. The van der Waals surface area contributed by atoms with Gasteiger partial charge in [-0.3, -0.25) is 0 Å². The maximum absolute atomic E-state index is 6.10. The fourth-order valence-corrected chi connectivity index (χ4v) is 3.13. The second-order valence-corrected chi connectivity index (χ2v) is 6.52. The van der Waals surface area contributed by atoms with E-state index in [2.05, 4.69) is 22.1 Å². The Balaban J connectivity index is 1.70. The molecule has 0 atom stereocenters. The lowest BCUT2D eigenvalue weighted by atomic mass is 10.1. The van der Waals surface area contributed by atoms with Crippen LogP contribution in [0.1, 0.15) is 5.56 Å². The van der Waals surface area contributed by atoms with Gasteiger partial charge in [0.2, 0.25) is 0 Å². The minimum Gasteiger partial charge on any atom is -0.216 e. The first-order valence-electron chi connectivity index (χ1n) is 8.11. The van der Waals surface area contributed by atoms with Crippen molar-refractivity contribution >= 4 is 28.3 Å². The number of hydrogen-bond acceptors (Lipinski definition) is 4. The van der Waals surface area contributed by atoms with E-state index in [1.165, 1.54) is 5.56 Å². The van der Waals surface area contributed by atoms with Crippen LogP contribution in [0.2, 0.25) is 5.02 Å². The topological polar surface area (TPSA) is 60.9 Å². The van der Waals surface area contributed by atoms with E-state index < -0.39 is 0 Å². The third-order valence-electron chi connectivity index (χ3n) is 4.27. The van der Waals surface area contributed by atoms with E-state index >= 15 is 0 Å². The lowest BCUT2D eigenvalue weighted by Crippen LogP contribution is -1.98. The smallest absolute Gasteiger partial charge is 0.182 e. The summed E-state index contributed by atoms with van der Waals surface area (Å²) in [6.07, 6.45) is 3.41. The monoisotopic (exact) mass is 360 g/mol. The highest BCUT2D eigenvalue weighted by Crippen LogP contribution is 2.23. The quantitative estimate of drug-likeness (QED) is 0.475. The number of aryl methyl sites for hydroxylation is 1. The Hall–Kier alpha value is -3.25. The Morgan fingerprint density at radius 1 is 1.00 bits per heavy atom. The summed E-state index contributed by atoms with van der Waals surface area (Å²) in [5.74, 6) is 0.662. The molecule has 6 nitrogen and oxygen atoms in total. The predicted molar refractivity (Wildman–Crippen MR) is 101 cm³/mol. The molecule has 0 bridgehead atoms. The zero-order chi connectivity index (χ0) is 17.7. The summed E-state index contributed by atoms with van der Waals surface area (Å²) in [5, 5.41) is 10.5. The van der Waals surface area contributed by atoms with Crippen LogP contribution < -0.4 is 0 Å². The molecule has 7 heteroatoms. The molecule has 5 aromatic rings. The summed E-state index contributed by atoms with van der Waals surface area (Å²) in [7, 11) is 0. The van der Waals surface area contributed by atoms with E-state index in [9.17, 15) is 0 Å². The molecule has 0 saturated carbocycles. The fourth-order valence-electron chi connectivity index (χ4n) is 2.94. The molecule has 0 aliphatic carbocycles. The number of rotatable bonds is 2. The molecular formula is C19H13ClN6. The highest BCUT2D eigenvalue weighted by Gasteiger charge is 2.14. The summed E-state index contributed by atoms with van der Waals surface area (Å²) in [4.78, 5) is 9.21. The van der Waals surface area contributed by atoms with Gasteiger partial charge < -0.3 is 0 Å². The Bertz CT molecular complexity index is 1250. The van der Waals surface area contributed by atoms with Gasteiger partial charge in [-0.05, 0) is 25.1 Å². The minimum absolute atomic E-state index is 0.649. The van der Waals surface area contributed by atoms with Crippen molar-refractivity contribution in [2.75, 3.05) is 0 Å². The molecular weight excluding hydrogens is 348 g/mol. The summed E-state index contributed by atoms with van der Waals surface area (Å²) >= 11 is 6.10. The number of nitrogens with zero attached hydrogens (tertiary/aromatic N) is 6. The van der Waals surface area contributed by atoms with E-state index in [0.29, 0.717) is 16.5 Å². The lowest BCUT2D eigenvalue weighted by Gasteiger charge is -2.02. The van der Waals surface area contributed by atoms with Crippen molar-refractivity contribution in [3.05, 3.63) is 71.6 Å². The van der Waals surface area contributed by atoms with E-state index in [1.807, 2.05) is 48.5 Å². The van der Waals surface area contributed by atoms with E-state index in [0.717, 1.165) is 22.3 Å². The van der Waals surface area contributed by atoms with Gasteiger partial charge in [0, 0.05) is 10.6 Å². The maximum atomic E-state index is 6.10. The Kier molecular flexibility index (Phi) is 3.26. The van der Waals surface area contributed by atoms with Crippen molar-refractivity contribution in [1.82, 2.24) is 29.4 Å². The normalized spacial score (nSPS) is 11.5. The van der Waals surface area contributed by atoms with Crippen LogP contribution in [-0.2, 0) is 0 Å². The molecule has 0 saturated heterocycles. The second kappa shape index (κ2) is 5.64. The zero-order valence-corrected chi connectivity index (χ0v) is 14.6. The van der Waals surface area contributed by atoms with Crippen molar-refractivity contribution in [1.29, 1.82) is 0 Å². The number of halogens is 1. The van der Waals surface area contributed by atoms with Crippen molar-refractivity contribution in [3.8, 4) is 17.1 Å². The third kappa shape index (κ3) is 2.34. The lowest BCUT2D eigenvalue weighted by molar-refractivity contribution is 0.882. The van der Waals surface area contributed by atoms with Crippen LogP contribution in [0.4, 0.5) is 0 Å². The number of benzene rings is 2. The zero-order valence-electron chi connectivity index (χ0n) is 13.8. The Labute approximate surface area is 153 Å². The van der Waals surface area contributed by atoms with Crippen molar-refractivity contribution in [2.24, 2.45) is 0 Å². The van der Waals surface area contributed by atoms with Crippen LogP contribution in [0.5, 0.6) is 0 Å². The van der Waals surface area contributed by atoms with Crippen molar-refractivity contribution in [2.45, 2.75) is 6.92 Å². The minimum atomic E-state index is 0.649. The van der Waals surface area contributed by atoms with Crippen LogP contribution >= 0.6 is 11.6 Å². The van der Waals surface area contributed by atoms with Gasteiger partial charge in [-0.15, -0.1) is 5.10 Å². The molecule has 5 rings (SSSR count). The molecule has 0 radical (unpaired) electrons. The van der Waals surface area contributed by atoms with Crippen LogP contribution in [0, 0.1) is 6.92 Å². The maximum Gasteiger partial charge on any atom is 0.182 e. The second-order valence-electron chi connectivity index (χ2n) is 6.09. The SMILES string of the molecule is Cc1ccc(-c2nc3c4cnn(-c5cccc(Cl)c5)c4ncn3n2)cc1. The molecule has 0 unspecified atom stereocenters. The molecule has 26 heavy (non-hydrogen) atoms. The molecule has 0 spiro atoms. The van der Waals surface area contributed by atoms with Gasteiger partial charge in [0.25, 0.3) is 0 Å². The van der Waals surface area contributed by atoms with Crippen molar-refractivity contribution in [3.63, 3.8) is 0 Å². The first-order chi connectivity index (χ1) is 12.7. The molecule has 0 aliphatic rings. The molecule has 2 aromatic carbocycles. The first kappa shape index (κ1) is 15.0. The standard InChI is InChI=1S/C19H13ClN6/c1-12-5-7-13(8-6-12)17-23-19-16-10-22-26(15-4-2-3-14(20)9-15)18(16)21-11-25(19)24-17/h2-11H,1H3. The van der Waals surface area contributed by atoms with Crippen LogP contribution in [0.15, 0.2) is 61.1 Å². The summed E-state index contributed by atoms with van der Waals surface area (Å²) in [6, 6.07) is 15.6. The van der Waals surface area contributed by atoms with Gasteiger partial charge in [-0.25, -0.2) is 19.2 Å². The van der Waals surface area contributed by atoms with Crippen molar-refractivity contribution < 1.29 is 0 Å². The van der Waals surface area contributed by atoms with E-state index in [4.69, 9.17) is 16.6 Å². The highest BCUT2D eigenvalue weighted by atomic mass is 35.5. The number of aromatic nitrogens is 6. The van der Waals surface area contributed by atoms with E-state index in [1.54, 1.807) is 21.7 Å². The van der Waals surface area contributed by atoms with Gasteiger partial charge in [0.15, 0.2) is 17.1 Å². The molecule has 3 heterocycles. The average Bonchev–Trinajstić information content (AvgIpc) is 3.26. The number of fused-ring (bicyclic) bond motifs is 3. The van der Waals surface area contributed by atoms with E-state index in [-0.39, 0.29) is 0 Å². The summed E-state index contributed by atoms with van der Waals surface area (Å²) in [6.45, 7) is 2.05. The highest BCUT2D eigenvalue weighted by molar-refractivity contribution is 6.30. The predicted octanol–water partition coefficient (Wildman–Crippen LogP) is 4.09. The summed E-state index contributed by atoms with van der Waals surface area (Å²) in [5.41, 5.74) is 4.45. The first-order valence-corrected chi connectivity index (χ1v) is 8.49. The van der Waals surface area contributed by atoms with Gasteiger partial charge in [-0.2, -0.15) is 5.10 Å². The third-order valence-corrected chi connectivity index (χ3v) is 4.50. The van der Waals surface area contributed by atoms with Crippen LogP contribution in [0.3, 0.4) is 0 Å². The number of hydrogen-bond donors (Lipinski definition) is 0. The van der Waals surface area contributed by atoms with Gasteiger partial charge in [0.05, 0.1) is 17.3 Å². The summed E-state index contributed by atoms with van der Waals surface area (Å²) < 4.78 is 3.43. The Morgan fingerprint density at radius 2 is 1.85 bits per heavy atom. The van der Waals surface area contributed by atoms with Gasteiger partial charge >= 0.3 is 0 Å². The average molecular weight is 361 g/mol. The molecule has 3 aromatic heterocycles. The van der Waals surface area contributed by atoms with Gasteiger partial charge in [0.1, 0.15) is 6.33 Å².